The van der Waals surface area contributed by atoms with Gasteiger partial charge in [-0.25, -0.2) is 9.07 Å². The van der Waals surface area contributed by atoms with Crippen molar-refractivity contribution >= 4 is 23.4 Å². The topological polar surface area (TPSA) is 110 Å². The van der Waals surface area contributed by atoms with E-state index in [4.69, 9.17) is 11.1 Å². The molecule has 0 spiro atoms. The number of hydrogen-bond donors (Lipinski definition) is 2. The van der Waals surface area contributed by atoms with Gasteiger partial charge < -0.3 is 11.2 Å². The number of amides is 1. The summed E-state index contributed by atoms with van der Waals surface area (Å²) in [4.78, 5) is 12.4. The second kappa shape index (κ2) is 7.88. The van der Waals surface area contributed by atoms with E-state index in [9.17, 15) is 9.18 Å². The van der Waals surface area contributed by atoms with Crippen LogP contribution in [0, 0.1) is 17.1 Å². The Balaban J connectivity index is 1.74. The number of aromatic nitrogens is 3. The SMILES string of the molecule is C[C@@H](Sc1nnc(-c2cccc(F)c2)n1N)C(=O)Nc1ccccc1C#N. The predicted octanol–water partition coefficient (Wildman–Crippen LogP) is 2.79. The molecule has 1 aromatic heterocycles. The smallest absolute Gasteiger partial charge is 0.237 e. The lowest BCUT2D eigenvalue weighted by Crippen LogP contribution is -2.24. The van der Waals surface area contributed by atoms with Crippen molar-refractivity contribution in [3.8, 4) is 17.5 Å². The number of hydrogen-bond acceptors (Lipinski definition) is 6. The first kappa shape index (κ1) is 18.4. The molecule has 0 saturated heterocycles. The number of halogens is 1. The van der Waals surface area contributed by atoms with Crippen LogP contribution < -0.4 is 11.2 Å². The number of nitriles is 1. The maximum Gasteiger partial charge on any atom is 0.237 e. The molecular formula is C18H15FN6OS. The van der Waals surface area contributed by atoms with E-state index < -0.39 is 11.1 Å². The number of nitrogens with two attached hydrogens (primary N) is 1. The molecule has 0 saturated carbocycles. The monoisotopic (exact) mass is 382 g/mol. The zero-order valence-electron chi connectivity index (χ0n) is 14.3. The van der Waals surface area contributed by atoms with Crippen LogP contribution in [0.2, 0.25) is 0 Å². The van der Waals surface area contributed by atoms with Crippen LogP contribution in [0.25, 0.3) is 11.4 Å². The zero-order valence-corrected chi connectivity index (χ0v) is 15.1. The second-order valence-corrected chi connectivity index (χ2v) is 6.90. The lowest BCUT2D eigenvalue weighted by atomic mass is 10.2. The van der Waals surface area contributed by atoms with Crippen molar-refractivity contribution in [2.45, 2.75) is 17.3 Å². The average Bonchev–Trinajstić information content (AvgIpc) is 3.02. The summed E-state index contributed by atoms with van der Waals surface area (Å²) in [5.41, 5.74) is 1.29. The molecule has 27 heavy (non-hydrogen) atoms. The first-order valence-corrected chi connectivity index (χ1v) is 8.80. The highest BCUT2D eigenvalue weighted by atomic mass is 32.2. The average molecular weight is 382 g/mol. The summed E-state index contributed by atoms with van der Waals surface area (Å²) in [6.07, 6.45) is 0. The van der Waals surface area contributed by atoms with E-state index in [0.29, 0.717) is 27.8 Å². The molecule has 136 valence electrons. The first-order valence-electron chi connectivity index (χ1n) is 7.92. The Morgan fingerprint density at radius 3 is 2.81 bits per heavy atom. The van der Waals surface area contributed by atoms with Gasteiger partial charge in [0.05, 0.1) is 16.5 Å². The summed E-state index contributed by atoms with van der Waals surface area (Å²) in [7, 11) is 0. The molecule has 0 bridgehead atoms. The van der Waals surface area contributed by atoms with Crippen LogP contribution in [0.5, 0.6) is 0 Å². The van der Waals surface area contributed by atoms with Crippen molar-refractivity contribution in [1.82, 2.24) is 14.9 Å². The van der Waals surface area contributed by atoms with Crippen molar-refractivity contribution in [1.29, 1.82) is 5.26 Å². The van der Waals surface area contributed by atoms with Gasteiger partial charge in [-0.3, -0.25) is 4.79 Å². The maximum atomic E-state index is 13.4. The molecule has 0 aliphatic rings. The van der Waals surface area contributed by atoms with E-state index in [1.54, 1.807) is 43.3 Å². The third-order valence-electron chi connectivity index (χ3n) is 3.70. The molecule has 0 aliphatic heterocycles. The van der Waals surface area contributed by atoms with Gasteiger partial charge in [0.15, 0.2) is 5.82 Å². The van der Waals surface area contributed by atoms with Gasteiger partial charge in [-0.15, -0.1) is 10.2 Å². The van der Waals surface area contributed by atoms with Crippen molar-refractivity contribution < 1.29 is 9.18 Å². The summed E-state index contributed by atoms with van der Waals surface area (Å²) in [5, 5.41) is 19.5. The summed E-state index contributed by atoms with van der Waals surface area (Å²) >= 11 is 1.11. The van der Waals surface area contributed by atoms with Crippen LogP contribution in [-0.4, -0.2) is 26.0 Å². The zero-order chi connectivity index (χ0) is 19.4. The number of anilines is 1. The van der Waals surface area contributed by atoms with Crippen molar-refractivity contribution in [2.75, 3.05) is 11.2 Å². The summed E-state index contributed by atoms with van der Waals surface area (Å²) in [6, 6.07) is 14.6. The summed E-state index contributed by atoms with van der Waals surface area (Å²) in [6.45, 7) is 1.69. The number of nitrogens with zero attached hydrogens (tertiary/aromatic N) is 4. The van der Waals surface area contributed by atoms with Gasteiger partial charge in [0.1, 0.15) is 11.9 Å². The lowest BCUT2D eigenvalue weighted by Gasteiger charge is -2.12. The number of para-hydroxylation sites is 1. The Morgan fingerprint density at radius 2 is 2.07 bits per heavy atom. The Labute approximate surface area is 159 Å². The predicted molar refractivity (Wildman–Crippen MR) is 101 cm³/mol. The minimum absolute atomic E-state index is 0.291. The van der Waals surface area contributed by atoms with Gasteiger partial charge in [-0.05, 0) is 31.2 Å². The van der Waals surface area contributed by atoms with Crippen LogP contribution >= 0.6 is 11.8 Å². The van der Waals surface area contributed by atoms with Crippen LogP contribution in [-0.2, 0) is 4.79 Å². The third kappa shape index (κ3) is 4.07. The van der Waals surface area contributed by atoms with Gasteiger partial charge in [-0.2, -0.15) is 5.26 Å². The molecule has 1 atom stereocenters. The summed E-state index contributed by atoms with van der Waals surface area (Å²) < 4.78 is 14.6. The first-order chi connectivity index (χ1) is 13.0. The van der Waals surface area contributed by atoms with Crippen molar-refractivity contribution in [3.05, 3.63) is 59.9 Å². The number of thioether (sulfide) groups is 1. The van der Waals surface area contributed by atoms with E-state index in [2.05, 4.69) is 15.5 Å². The fourth-order valence-electron chi connectivity index (χ4n) is 2.32. The molecule has 0 radical (unpaired) electrons. The Kier molecular flexibility index (Phi) is 5.38. The van der Waals surface area contributed by atoms with E-state index in [1.165, 1.54) is 16.8 Å². The van der Waals surface area contributed by atoms with Gasteiger partial charge in [-0.1, -0.05) is 36.0 Å². The molecule has 0 fully saturated rings. The Morgan fingerprint density at radius 1 is 1.30 bits per heavy atom. The fourth-order valence-corrected chi connectivity index (χ4v) is 3.09. The number of carbonyl (C=O) groups excluding carboxylic acids is 1. The molecule has 3 N–H and O–H groups in total. The molecule has 9 heteroatoms. The van der Waals surface area contributed by atoms with Crippen LogP contribution in [0.1, 0.15) is 12.5 Å². The van der Waals surface area contributed by atoms with E-state index >= 15 is 0 Å². The molecule has 1 heterocycles. The highest BCUT2D eigenvalue weighted by molar-refractivity contribution is 8.00. The second-order valence-electron chi connectivity index (χ2n) is 5.59. The molecule has 0 aliphatic carbocycles. The maximum absolute atomic E-state index is 13.4. The third-order valence-corrected chi connectivity index (χ3v) is 4.76. The van der Waals surface area contributed by atoms with Crippen molar-refractivity contribution in [2.24, 2.45) is 0 Å². The molecule has 0 unspecified atom stereocenters. The quantitative estimate of drug-likeness (QED) is 0.519. The van der Waals surface area contributed by atoms with E-state index in [-0.39, 0.29) is 5.91 Å². The molecule has 7 nitrogen and oxygen atoms in total. The lowest BCUT2D eigenvalue weighted by molar-refractivity contribution is -0.115. The molecule has 1 amide bonds. The van der Waals surface area contributed by atoms with Crippen LogP contribution in [0.4, 0.5) is 10.1 Å². The number of rotatable bonds is 5. The van der Waals surface area contributed by atoms with Gasteiger partial charge in [0, 0.05) is 5.56 Å². The number of benzene rings is 2. The Bertz CT molecular complexity index is 1030. The van der Waals surface area contributed by atoms with E-state index in [1.807, 2.05) is 6.07 Å². The van der Waals surface area contributed by atoms with Gasteiger partial charge in [0.25, 0.3) is 0 Å². The summed E-state index contributed by atoms with van der Waals surface area (Å²) in [5.74, 6) is 5.58. The molecule has 3 rings (SSSR count). The normalized spacial score (nSPS) is 11.6. The fraction of sp³-hybridized carbons (Fsp3) is 0.111. The standard InChI is InChI=1S/C18H15FN6OS/c1-11(17(26)22-15-8-3-2-5-13(15)10-20)27-18-24-23-16(25(18)21)12-6-4-7-14(19)9-12/h2-9,11H,21H2,1H3,(H,22,26)/t11-/m1/s1. The number of nitrogen functional groups attached to an aromatic ring is 1. The Hall–Kier alpha value is -3.38. The largest absolute Gasteiger partial charge is 0.335 e. The number of nitrogens with one attached hydrogen (secondary N) is 1. The molecule has 3 aromatic rings. The highest BCUT2D eigenvalue weighted by Crippen LogP contribution is 2.26. The van der Waals surface area contributed by atoms with Crippen LogP contribution in [0.15, 0.2) is 53.7 Å². The molecule has 2 aromatic carbocycles. The van der Waals surface area contributed by atoms with Crippen molar-refractivity contribution in [3.63, 3.8) is 0 Å². The minimum atomic E-state index is -0.552. The molecular weight excluding hydrogens is 367 g/mol. The van der Waals surface area contributed by atoms with E-state index in [0.717, 1.165) is 11.8 Å². The van der Waals surface area contributed by atoms with Gasteiger partial charge in [0.2, 0.25) is 11.1 Å². The van der Waals surface area contributed by atoms with Gasteiger partial charge >= 0.3 is 0 Å². The number of carbonyl (C=O) groups is 1. The highest BCUT2D eigenvalue weighted by Gasteiger charge is 2.20. The van der Waals surface area contributed by atoms with Crippen LogP contribution in [0.3, 0.4) is 0 Å². The minimum Gasteiger partial charge on any atom is -0.335 e.